The van der Waals surface area contributed by atoms with Gasteiger partial charge in [0, 0.05) is 19.6 Å². The van der Waals surface area contributed by atoms with Gasteiger partial charge >= 0.3 is 0 Å². The first kappa shape index (κ1) is 11.0. The Morgan fingerprint density at radius 3 is 2.57 bits per heavy atom. The molecule has 0 atom stereocenters. The maximum absolute atomic E-state index is 5.37. The Labute approximate surface area is 85.3 Å². The molecule has 0 heterocycles. The predicted octanol–water partition coefficient (Wildman–Crippen LogP) is 1.13. The van der Waals surface area contributed by atoms with Crippen molar-refractivity contribution in [3.63, 3.8) is 0 Å². The van der Waals surface area contributed by atoms with Crippen molar-refractivity contribution >= 4 is 0 Å². The molecular formula is C11H18N2O. The molecule has 0 spiro atoms. The summed E-state index contributed by atoms with van der Waals surface area (Å²) in [7, 11) is 0. The van der Waals surface area contributed by atoms with Gasteiger partial charge in [0.2, 0.25) is 0 Å². The summed E-state index contributed by atoms with van der Waals surface area (Å²) in [6.07, 6.45) is 0. The molecule has 0 unspecified atom stereocenters. The minimum Gasteiger partial charge on any atom is -0.494 e. The summed E-state index contributed by atoms with van der Waals surface area (Å²) in [4.78, 5) is 0. The van der Waals surface area contributed by atoms with Crippen LogP contribution in [0.25, 0.3) is 0 Å². The largest absolute Gasteiger partial charge is 0.494 e. The fourth-order valence-electron chi connectivity index (χ4n) is 1.20. The van der Waals surface area contributed by atoms with Crippen molar-refractivity contribution in [1.82, 2.24) is 5.32 Å². The van der Waals surface area contributed by atoms with E-state index in [0.29, 0.717) is 13.2 Å². The van der Waals surface area contributed by atoms with Gasteiger partial charge in [-0.05, 0) is 24.6 Å². The lowest BCUT2D eigenvalue weighted by Crippen LogP contribution is -2.21. The lowest BCUT2D eigenvalue weighted by molar-refractivity contribution is 0.340. The molecule has 0 saturated carbocycles. The van der Waals surface area contributed by atoms with Crippen molar-refractivity contribution in [3.05, 3.63) is 29.8 Å². The van der Waals surface area contributed by atoms with E-state index in [4.69, 9.17) is 10.5 Å². The summed E-state index contributed by atoms with van der Waals surface area (Å²) in [5.41, 5.74) is 6.63. The van der Waals surface area contributed by atoms with E-state index in [9.17, 15) is 0 Å². The van der Waals surface area contributed by atoms with Crippen molar-refractivity contribution in [3.8, 4) is 5.75 Å². The van der Waals surface area contributed by atoms with Crippen LogP contribution in [0.15, 0.2) is 24.3 Å². The zero-order valence-electron chi connectivity index (χ0n) is 8.62. The van der Waals surface area contributed by atoms with E-state index in [2.05, 4.69) is 17.4 Å². The van der Waals surface area contributed by atoms with Gasteiger partial charge in [0.15, 0.2) is 0 Å². The van der Waals surface area contributed by atoms with Gasteiger partial charge in [-0.2, -0.15) is 0 Å². The lowest BCUT2D eigenvalue weighted by atomic mass is 10.2. The van der Waals surface area contributed by atoms with Crippen LogP contribution in [0.5, 0.6) is 5.75 Å². The first-order valence-corrected chi connectivity index (χ1v) is 4.99. The molecule has 78 valence electrons. The Kier molecular flexibility index (Phi) is 5.04. The maximum atomic E-state index is 5.37. The smallest absolute Gasteiger partial charge is 0.119 e. The molecule has 0 saturated heterocycles. The van der Waals surface area contributed by atoms with Crippen molar-refractivity contribution in [1.29, 1.82) is 0 Å². The maximum Gasteiger partial charge on any atom is 0.119 e. The van der Waals surface area contributed by atoms with Gasteiger partial charge in [-0.15, -0.1) is 0 Å². The minimum atomic E-state index is 0.678. The Morgan fingerprint density at radius 2 is 2.00 bits per heavy atom. The van der Waals surface area contributed by atoms with Crippen LogP contribution in [0, 0.1) is 0 Å². The fraction of sp³-hybridized carbons (Fsp3) is 0.455. The van der Waals surface area contributed by atoms with Crippen LogP contribution in [0.2, 0.25) is 0 Å². The molecule has 1 rings (SSSR count). The molecule has 0 aliphatic rings. The molecule has 0 aliphatic carbocycles. The predicted molar refractivity (Wildman–Crippen MR) is 58.4 cm³/mol. The normalized spacial score (nSPS) is 10.1. The summed E-state index contributed by atoms with van der Waals surface area (Å²) in [6.45, 7) is 5.09. The van der Waals surface area contributed by atoms with Crippen LogP contribution in [0.4, 0.5) is 0 Å². The van der Waals surface area contributed by atoms with Crippen LogP contribution >= 0.6 is 0 Å². The van der Waals surface area contributed by atoms with Crippen molar-refractivity contribution in [2.75, 3.05) is 19.7 Å². The minimum absolute atomic E-state index is 0.678. The molecule has 14 heavy (non-hydrogen) atoms. The molecule has 1 aromatic carbocycles. The van der Waals surface area contributed by atoms with E-state index < -0.39 is 0 Å². The van der Waals surface area contributed by atoms with E-state index in [1.807, 2.05) is 19.1 Å². The van der Waals surface area contributed by atoms with E-state index in [1.165, 1.54) is 5.56 Å². The van der Waals surface area contributed by atoms with Gasteiger partial charge in [-0.3, -0.25) is 0 Å². The van der Waals surface area contributed by atoms with Gasteiger partial charge in [-0.1, -0.05) is 12.1 Å². The highest BCUT2D eigenvalue weighted by Crippen LogP contribution is 2.11. The van der Waals surface area contributed by atoms with Crippen LogP contribution in [-0.4, -0.2) is 19.7 Å². The number of hydrogen-bond donors (Lipinski definition) is 2. The second-order valence-corrected chi connectivity index (χ2v) is 3.04. The Bertz CT molecular complexity index is 246. The molecule has 0 aliphatic heterocycles. The quantitative estimate of drug-likeness (QED) is 0.667. The molecule has 3 N–H and O–H groups in total. The summed E-state index contributed by atoms with van der Waals surface area (Å²) in [5, 5.41) is 3.24. The third-order valence-corrected chi connectivity index (χ3v) is 1.88. The second-order valence-electron chi connectivity index (χ2n) is 3.04. The van der Waals surface area contributed by atoms with E-state index in [-0.39, 0.29) is 0 Å². The molecule has 0 radical (unpaired) electrons. The molecule has 3 nitrogen and oxygen atoms in total. The molecule has 3 heteroatoms. The summed E-state index contributed by atoms with van der Waals surface area (Å²) in [5.74, 6) is 0.926. The summed E-state index contributed by atoms with van der Waals surface area (Å²) >= 11 is 0. The number of hydrogen-bond acceptors (Lipinski definition) is 3. The average Bonchev–Trinajstić information content (AvgIpc) is 2.21. The molecule has 0 aromatic heterocycles. The molecule has 0 fully saturated rings. The van der Waals surface area contributed by atoms with E-state index in [1.54, 1.807) is 0 Å². The van der Waals surface area contributed by atoms with Crippen molar-refractivity contribution in [2.45, 2.75) is 13.5 Å². The molecule has 1 aromatic rings. The van der Waals surface area contributed by atoms with Crippen LogP contribution in [-0.2, 0) is 6.54 Å². The number of ether oxygens (including phenoxy) is 1. The van der Waals surface area contributed by atoms with Crippen LogP contribution < -0.4 is 15.8 Å². The Balaban J connectivity index is 2.38. The number of nitrogens with one attached hydrogen (secondary N) is 1. The summed E-state index contributed by atoms with van der Waals surface area (Å²) in [6, 6.07) is 8.11. The highest BCUT2D eigenvalue weighted by Gasteiger charge is 1.93. The highest BCUT2D eigenvalue weighted by molar-refractivity contribution is 5.27. The number of rotatable bonds is 6. The van der Waals surface area contributed by atoms with Gasteiger partial charge < -0.3 is 15.8 Å². The second kappa shape index (κ2) is 6.40. The number of benzene rings is 1. The van der Waals surface area contributed by atoms with Gasteiger partial charge in [-0.25, -0.2) is 0 Å². The third kappa shape index (κ3) is 3.77. The van der Waals surface area contributed by atoms with Gasteiger partial charge in [0.25, 0.3) is 0 Å². The average molecular weight is 194 g/mol. The third-order valence-electron chi connectivity index (χ3n) is 1.88. The zero-order valence-corrected chi connectivity index (χ0v) is 8.62. The molecule has 0 amide bonds. The molecule has 0 bridgehead atoms. The monoisotopic (exact) mass is 194 g/mol. The fourth-order valence-corrected chi connectivity index (χ4v) is 1.20. The van der Waals surface area contributed by atoms with E-state index >= 15 is 0 Å². The van der Waals surface area contributed by atoms with Crippen LogP contribution in [0.3, 0.4) is 0 Å². The zero-order chi connectivity index (χ0) is 10.2. The highest BCUT2D eigenvalue weighted by atomic mass is 16.5. The van der Waals surface area contributed by atoms with Gasteiger partial charge in [0.1, 0.15) is 5.75 Å². The summed E-state index contributed by atoms with van der Waals surface area (Å²) < 4.78 is 5.35. The lowest BCUT2D eigenvalue weighted by Gasteiger charge is -2.05. The standard InChI is InChI=1S/C11H18N2O/c1-2-14-11-5-3-10(4-6-11)9-13-8-7-12/h3-6,13H,2,7-9,12H2,1H3. The SMILES string of the molecule is CCOc1ccc(CNCCN)cc1. The Morgan fingerprint density at radius 1 is 1.29 bits per heavy atom. The van der Waals surface area contributed by atoms with Crippen molar-refractivity contribution in [2.24, 2.45) is 5.73 Å². The molecular weight excluding hydrogens is 176 g/mol. The first-order valence-electron chi connectivity index (χ1n) is 4.99. The number of nitrogens with two attached hydrogens (primary N) is 1. The van der Waals surface area contributed by atoms with Crippen LogP contribution in [0.1, 0.15) is 12.5 Å². The van der Waals surface area contributed by atoms with Gasteiger partial charge in [0.05, 0.1) is 6.61 Å². The Hall–Kier alpha value is -1.06. The first-order chi connectivity index (χ1) is 6.86. The van der Waals surface area contributed by atoms with E-state index in [0.717, 1.165) is 18.8 Å². The van der Waals surface area contributed by atoms with Crippen molar-refractivity contribution < 1.29 is 4.74 Å². The topological polar surface area (TPSA) is 47.3 Å².